The van der Waals surface area contributed by atoms with Gasteiger partial charge in [0.05, 0.1) is 13.2 Å². The number of nitrogens with one attached hydrogen (secondary N) is 1. The second kappa shape index (κ2) is 4.58. The number of aliphatic hydroxyl groups is 1. The van der Waals surface area contributed by atoms with Crippen molar-refractivity contribution in [3.05, 3.63) is 11.6 Å². The van der Waals surface area contributed by atoms with E-state index in [1.807, 2.05) is 6.07 Å². The van der Waals surface area contributed by atoms with Crippen molar-refractivity contribution >= 4 is 0 Å². The van der Waals surface area contributed by atoms with Crippen LogP contribution in [0.5, 0.6) is 0 Å². The highest BCUT2D eigenvalue weighted by Crippen LogP contribution is 2.07. The van der Waals surface area contributed by atoms with Gasteiger partial charge in [0.15, 0.2) is 5.70 Å². The number of hydrogen-bond acceptors (Lipinski definition) is 5. The summed E-state index contributed by atoms with van der Waals surface area (Å²) >= 11 is 0. The van der Waals surface area contributed by atoms with Gasteiger partial charge < -0.3 is 20.1 Å². The first-order valence-corrected chi connectivity index (χ1v) is 4.13. The van der Waals surface area contributed by atoms with Gasteiger partial charge in [-0.2, -0.15) is 5.26 Å². The van der Waals surface area contributed by atoms with Crippen molar-refractivity contribution in [2.75, 3.05) is 33.4 Å². The molecule has 1 saturated heterocycles. The number of allylic oxidation sites excluding steroid dienone is 1. The van der Waals surface area contributed by atoms with Gasteiger partial charge in [-0.15, -0.1) is 0 Å². The maximum atomic E-state index is 9.60. The number of ether oxygens (including phenoxy) is 1. The zero-order valence-corrected chi connectivity index (χ0v) is 7.58. The van der Waals surface area contributed by atoms with Crippen LogP contribution in [0.15, 0.2) is 11.6 Å². The zero-order valence-electron chi connectivity index (χ0n) is 7.58. The van der Waals surface area contributed by atoms with Crippen LogP contribution >= 0.6 is 0 Å². The fourth-order valence-corrected chi connectivity index (χ4v) is 1.15. The van der Waals surface area contributed by atoms with Gasteiger partial charge in [0.25, 0.3) is 0 Å². The molecule has 0 bridgehead atoms. The van der Waals surface area contributed by atoms with Crippen molar-refractivity contribution in [2.45, 2.75) is 0 Å². The molecule has 0 aromatic carbocycles. The van der Waals surface area contributed by atoms with E-state index in [0.29, 0.717) is 26.3 Å². The van der Waals surface area contributed by atoms with E-state index in [4.69, 9.17) is 10.00 Å². The Hall–Kier alpha value is -1.41. The first-order chi connectivity index (χ1) is 6.29. The lowest BCUT2D eigenvalue weighted by Gasteiger charge is -2.27. The van der Waals surface area contributed by atoms with Crippen molar-refractivity contribution in [3.63, 3.8) is 0 Å². The van der Waals surface area contributed by atoms with E-state index in [0.717, 1.165) is 0 Å². The number of aliphatic hydroxyl groups excluding tert-OH is 1. The van der Waals surface area contributed by atoms with Crippen molar-refractivity contribution in [3.8, 4) is 6.07 Å². The number of hydrogen-bond donors (Lipinski definition) is 2. The molecule has 72 valence electrons. The molecule has 0 unspecified atom stereocenters. The lowest BCUT2D eigenvalue weighted by Crippen LogP contribution is -2.37. The molecule has 0 aromatic heterocycles. The highest BCUT2D eigenvalue weighted by molar-refractivity contribution is 5.21. The fraction of sp³-hybridized carbons (Fsp3) is 0.625. The quantitative estimate of drug-likeness (QED) is 0.458. The van der Waals surface area contributed by atoms with Crippen LogP contribution in [-0.2, 0) is 4.74 Å². The highest BCUT2D eigenvalue weighted by Gasteiger charge is 2.15. The second-order valence-corrected chi connectivity index (χ2v) is 2.66. The summed E-state index contributed by atoms with van der Waals surface area (Å²) in [6.07, 6.45) is 0. The lowest BCUT2D eigenvalue weighted by molar-refractivity contribution is 0.0303. The fourth-order valence-electron chi connectivity index (χ4n) is 1.15. The Morgan fingerprint density at radius 1 is 1.54 bits per heavy atom. The molecule has 13 heavy (non-hydrogen) atoms. The molecule has 5 nitrogen and oxygen atoms in total. The molecule has 1 rings (SSSR count). The normalized spacial score (nSPS) is 18.9. The van der Waals surface area contributed by atoms with Gasteiger partial charge in [-0.1, -0.05) is 0 Å². The number of morpholine rings is 1. The molecule has 1 fully saturated rings. The Morgan fingerprint density at radius 2 is 2.15 bits per heavy atom. The summed E-state index contributed by atoms with van der Waals surface area (Å²) in [5.41, 5.74) is 0.196. The lowest BCUT2D eigenvalue weighted by atomic mass is 10.4. The third-order valence-electron chi connectivity index (χ3n) is 1.90. The van der Waals surface area contributed by atoms with E-state index in [9.17, 15) is 5.11 Å². The summed E-state index contributed by atoms with van der Waals surface area (Å²) in [6.45, 7) is 2.43. The van der Waals surface area contributed by atoms with Crippen LogP contribution in [-0.4, -0.2) is 43.4 Å². The summed E-state index contributed by atoms with van der Waals surface area (Å²) < 4.78 is 5.12. The van der Waals surface area contributed by atoms with Crippen LogP contribution < -0.4 is 5.32 Å². The zero-order chi connectivity index (χ0) is 9.68. The Bertz CT molecular complexity index is 238. The molecule has 5 heteroatoms. The minimum Gasteiger partial charge on any atom is -0.493 e. The Morgan fingerprint density at radius 3 is 2.62 bits per heavy atom. The molecule has 0 radical (unpaired) electrons. The van der Waals surface area contributed by atoms with Crippen molar-refractivity contribution < 1.29 is 9.84 Å². The SMILES string of the molecule is CN/C(C#N)=C(\O)N1CCOCC1. The van der Waals surface area contributed by atoms with Crippen molar-refractivity contribution in [1.29, 1.82) is 5.26 Å². The van der Waals surface area contributed by atoms with Gasteiger partial charge in [0, 0.05) is 20.1 Å². The first kappa shape index (κ1) is 9.68. The third-order valence-corrected chi connectivity index (χ3v) is 1.90. The maximum Gasteiger partial charge on any atom is 0.222 e. The molecule has 0 aliphatic carbocycles. The van der Waals surface area contributed by atoms with Gasteiger partial charge >= 0.3 is 0 Å². The standard InChI is InChI=1S/C8H13N3O2/c1-10-7(6-9)8(12)11-2-4-13-5-3-11/h10,12H,2-5H2,1H3/b8-7-. The molecule has 1 aliphatic heterocycles. The van der Waals surface area contributed by atoms with Gasteiger partial charge in [0.1, 0.15) is 6.07 Å². The van der Waals surface area contributed by atoms with E-state index in [2.05, 4.69) is 5.32 Å². The maximum absolute atomic E-state index is 9.60. The third kappa shape index (κ3) is 2.26. The monoisotopic (exact) mass is 183 g/mol. The van der Waals surface area contributed by atoms with Crippen LogP contribution in [0.4, 0.5) is 0 Å². The van der Waals surface area contributed by atoms with Gasteiger partial charge in [-0.05, 0) is 0 Å². The molecule has 0 atom stereocenters. The Kier molecular flexibility index (Phi) is 3.41. The van der Waals surface area contributed by atoms with E-state index in [-0.39, 0.29) is 11.6 Å². The summed E-state index contributed by atoms with van der Waals surface area (Å²) in [7, 11) is 1.61. The summed E-state index contributed by atoms with van der Waals surface area (Å²) in [5.74, 6) is 0.00769. The Balaban J connectivity index is 2.68. The molecular formula is C8H13N3O2. The van der Waals surface area contributed by atoms with E-state index >= 15 is 0 Å². The summed E-state index contributed by atoms with van der Waals surface area (Å²) in [6, 6.07) is 1.88. The van der Waals surface area contributed by atoms with E-state index in [1.165, 1.54) is 0 Å². The molecule has 0 aromatic rings. The topological polar surface area (TPSA) is 68.5 Å². The van der Waals surface area contributed by atoms with Gasteiger partial charge in [0.2, 0.25) is 5.88 Å². The van der Waals surface area contributed by atoms with Crippen molar-refractivity contribution in [1.82, 2.24) is 10.2 Å². The van der Waals surface area contributed by atoms with E-state index in [1.54, 1.807) is 11.9 Å². The van der Waals surface area contributed by atoms with Crippen LogP contribution in [0.25, 0.3) is 0 Å². The van der Waals surface area contributed by atoms with Gasteiger partial charge in [-0.3, -0.25) is 0 Å². The summed E-state index contributed by atoms with van der Waals surface area (Å²) in [5, 5.41) is 20.9. The minimum absolute atomic E-state index is 0.00769. The van der Waals surface area contributed by atoms with E-state index < -0.39 is 0 Å². The molecule has 1 heterocycles. The Labute approximate surface area is 77.2 Å². The second-order valence-electron chi connectivity index (χ2n) is 2.66. The van der Waals surface area contributed by atoms with Crippen molar-refractivity contribution in [2.24, 2.45) is 0 Å². The van der Waals surface area contributed by atoms with Crippen LogP contribution in [0.1, 0.15) is 0 Å². The molecular weight excluding hydrogens is 170 g/mol. The number of rotatable bonds is 2. The average molecular weight is 183 g/mol. The number of nitriles is 1. The highest BCUT2D eigenvalue weighted by atomic mass is 16.5. The average Bonchev–Trinajstić information content (AvgIpc) is 2.21. The molecule has 0 saturated carbocycles. The number of nitrogens with zero attached hydrogens (tertiary/aromatic N) is 2. The largest absolute Gasteiger partial charge is 0.493 e. The van der Waals surface area contributed by atoms with Gasteiger partial charge in [-0.25, -0.2) is 0 Å². The predicted octanol–water partition coefficient (Wildman–Crippen LogP) is -0.211. The molecule has 0 amide bonds. The smallest absolute Gasteiger partial charge is 0.222 e. The molecule has 1 aliphatic rings. The minimum atomic E-state index is 0.00769. The predicted molar refractivity (Wildman–Crippen MR) is 46.7 cm³/mol. The molecule has 2 N–H and O–H groups in total. The van der Waals surface area contributed by atoms with Crippen LogP contribution in [0.3, 0.4) is 0 Å². The summed E-state index contributed by atoms with van der Waals surface area (Å²) in [4.78, 5) is 1.72. The molecule has 0 spiro atoms. The van der Waals surface area contributed by atoms with Crippen LogP contribution in [0.2, 0.25) is 0 Å². The van der Waals surface area contributed by atoms with Crippen LogP contribution in [0, 0.1) is 11.3 Å². The first-order valence-electron chi connectivity index (χ1n) is 4.13.